The molecule has 0 radical (unpaired) electrons. The molecule has 0 fully saturated rings. The van der Waals surface area contributed by atoms with Gasteiger partial charge in [-0.25, -0.2) is 0 Å². The Bertz CT molecular complexity index is 229. The van der Waals surface area contributed by atoms with Crippen LogP contribution in [-0.4, -0.2) is 10.3 Å². The molecule has 1 nitrogen and oxygen atoms in total. The van der Waals surface area contributed by atoms with E-state index in [0.717, 1.165) is 11.0 Å². The topological polar surface area (TPSA) is 15.8 Å². The number of allylic oxidation sites excluding steroid dienone is 1. The molecule has 0 aliphatic carbocycles. The van der Waals surface area contributed by atoms with Crippen LogP contribution in [0.25, 0.3) is 6.08 Å². The SMILES string of the molecule is BrCC=Cc1cc(I)c[nH]1. The van der Waals surface area contributed by atoms with Crippen molar-refractivity contribution in [3.8, 4) is 0 Å². The minimum absolute atomic E-state index is 0.905. The maximum atomic E-state index is 3.31. The molecule has 54 valence electrons. The van der Waals surface area contributed by atoms with Crippen molar-refractivity contribution in [3.05, 3.63) is 27.6 Å². The van der Waals surface area contributed by atoms with E-state index in [1.807, 2.05) is 6.20 Å². The van der Waals surface area contributed by atoms with Crippen LogP contribution in [0.2, 0.25) is 0 Å². The van der Waals surface area contributed by atoms with Crippen LogP contribution in [0.15, 0.2) is 18.3 Å². The number of H-pyrrole nitrogens is 1. The average molecular weight is 312 g/mol. The first-order valence-electron chi connectivity index (χ1n) is 2.89. The van der Waals surface area contributed by atoms with Gasteiger partial charge in [0.1, 0.15) is 0 Å². The first-order chi connectivity index (χ1) is 4.83. The second-order valence-electron chi connectivity index (χ2n) is 1.83. The van der Waals surface area contributed by atoms with E-state index >= 15 is 0 Å². The van der Waals surface area contributed by atoms with Crippen LogP contribution in [0.5, 0.6) is 0 Å². The maximum absolute atomic E-state index is 3.31. The van der Waals surface area contributed by atoms with Gasteiger partial charge in [-0.3, -0.25) is 0 Å². The third kappa shape index (κ3) is 2.46. The molecule has 1 rings (SSSR count). The van der Waals surface area contributed by atoms with E-state index in [4.69, 9.17) is 0 Å². The number of halogens is 2. The van der Waals surface area contributed by atoms with Crippen LogP contribution in [0.4, 0.5) is 0 Å². The van der Waals surface area contributed by atoms with Crippen molar-refractivity contribution in [1.29, 1.82) is 0 Å². The van der Waals surface area contributed by atoms with Gasteiger partial charge in [0.05, 0.1) is 0 Å². The van der Waals surface area contributed by atoms with E-state index < -0.39 is 0 Å². The van der Waals surface area contributed by atoms with Crippen molar-refractivity contribution >= 4 is 44.6 Å². The molecule has 1 aromatic rings. The van der Waals surface area contributed by atoms with Crippen LogP contribution < -0.4 is 0 Å². The summed E-state index contributed by atoms with van der Waals surface area (Å²) in [5.74, 6) is 0. The third-order valence-corrected chi connectivity index (χ3v) is 2.05. The Morgan fingerprint density at radius 3 is 3.00 bits per heavy atom. The van der Waals surface area contributed by atoms with Gasteiger partial charge in [-0.2, -0.15) is 0 Å². The minimum atomic E-state index is 0.905. The van der Waals surface area contributed by atoms with Crippen molar-refractivity contribution in [3.63, 3.8) is 0 Å². The summed E-state index contributed by atoms with van der Waals surface area (Å²) in [6, 6.07) is 2.10. The van der Waals surface area contributed by atoms with Gasteiger partial charge in [0.15, 0.2) is 0 Å². The molecule has 3 heteroatoms. The Morgan fingerprint density at radius 2 is 2.50 bits per heavy atom. The summed E-state index contributed by atoms with van der Waals surface area (Å²) in [5.41, 5.74) is 1.16. The number of hydrogen-bond donors (Lipinski definition) is 1. The molecule has 0 bridgehead atoms. The molecule has 1 N–H and O–H groups in total. The van der Waals surface area contributed by atoms with E-state index in [9.17, 15) is 0 Å². The van der Waals surface area contributed by atoms with Crippen LogP contribution in [0, 0.1) is 3.57 Å². The number of aromatic amines is 1. The lowest BCUT2D eigenvalue weighted by Gasteiger charge is -1.80. The highest BCUT2D eigenvalue weighted by Crippen LogP contribution is 2.07. The molecule has 0 saturated carbocycles. The molecule has 0 amide bonds. The van der Waals surface area contributed by atoms with E-state index in [1.54, 1.807) is 0 Å². The van der Waals surface area contributed by atoms with Gasteiger partial charge in [-0.15, -0.1) is 0 Å². The Balaban J connectivity index is 2.67. The van der Waals surface area contributed by atoms with E-state index in [-0.39, 0.29) is 0 Å². The fourth-order valence-corrected chi connectivity index (χ4v) is 1.33. The fraction of sp³-hybridized carbons (Fsp3) is 0.143. The van der Waals surface area contributed by atoms with E-state index in [0.29, 0.717) is 0 Å². The molecular formula is C7H7BrIN. The summed E-state index contributed by atoms with van der Waals surface area (Å²) in [7, 11) is 0. The summed E-state index contributed by atoms with van der Waals surface area (Å²) >= 11 is 5.59. The summed E-state index contributed by atoms with van der Waals surface area (Å²) in [6.07, 6.45) is 6.09. The zero-order valence-corrected chi connectivity index (χ0v) is 9.02. The third-order valence-electron chi connectivity index (χ3n) is 1.06. The summed E-state index contributed by atoms with van der Waals surface area (Å²) in [4.78, 5) is 3.13. The fourth-order valence-electron chi connectivity index (χ4n) is 0.652. The zero-order valence-electron chi connectivity index (χ0n) is 5.27. The Labute approximate surface area is 82.2 Å². The van der Waals surface area contributed by atoms with E-state index in [2.05, 4.69) is 61.7 Å². The van der Waals surface area contributed by atoms with Gasteiger partial charge in [0, 0.05) is 20.8 Å². The van der Waals surface area contributed by atoms with Gasteiger partial charge in [-0.05, 0) is 34.7 Å². The van der Waals surface area contributed by atoms with Crippen LogP contribution in [0.3, 0.4) is 0 Å². The number of alkyl halides is 1. The molecule has 10 heavy (non-hydrogen) atoms. The summed E-state index contributed by atoms with van der Waals surface area (Å²) in [5, 5.41) is 0.905. The van der Waals surface area contributed by atoms with E-state index in [1.165, 1.54) is 3.57 Å². The van der Waals surface area contributed by atoms with Crippen LogP contribution >= 0.6 is 38.5 Å². The second kappa shape index (κ2) is 4.18. The highest BCUT2D eigenvalue weighted by Gasteiger charge is 1.88. The first-order valence-corrected chi connectivity index (χ1v) is 5.09. The zero-order chi connectivity index (χ0) is 7.40. The van der Waals surface area contributed by atoms with Gasteiger partial charge >= 0.3 is 0 Å². The summed E-state index contributed by atoms with van der Waals surface area (Å²) < 4.78 is 1.24. The van der Waals surface area contributed by atoms with Crippen LogP contribution in [0.1, 0.15) is 5.69 Å². The predicted molar refractivity (Wildman–Crippen MR) is 56.3 cm³/mol. The molecule has 0 unspecified atom stereocenters. The van der Waals surface area contributed by atoms with Gasteiger partial charge in [0.2, 0.25) is 0 Å². The number of nitrogens with one attached hydrogen (secondary N) is 1. The maximum Gasteiger partial charge on any atom is 0.0388 e. The van der Waals surface area contributed by atoms with Crippen molar-refractivity contribution in [2.75, 3.05) is 5.33 Å². The summed E-state index contributed by atoms with van der Waals surface area (Å²) in [6.45, 7) is 0. The minimum Gasteiger partial charge on any atom is -0.361 e. The average Bonchev–Trinajstić information content (AvgIpc) is 2.31. The normalized spacial score (nSPS) is 11.0. The monoisotopic (exact) mass is 311 g/mol. The quantitative estimate of drug-likeness (QED) is 0.638. The van der Waals surface area contributed by atoms with Crippen molar-refractivity contribution in [2.45, 2.75) is 0 Å². The van der Waals surface area contributed by atoms with Gasteiger partial charge in [0.25, 0.3) is 0 Å². The number of rotatable bonds is 2. The number of aromatic nitrogens is 1. The largest absolute Gasteiger partial charge is 0.361 e. The lowest BCUT2D eigenvalue weighted by Crippen LogP contribution is -1.66. The molecular weight excluding hydrogens is 305 g/mol. The highest BCUT2D eigenvalue weighted by molar-refractivity contribution is 14.1. The molecule has 0 spiro atoms. The molecule has 0 aromatic carbocycles. The Hall–Kier alpha value is 0.230. The van der Waals surface area contributed by atoms with Crippen LogP contribution in [-0.2, 0) is 0 Å². The predicted octanol–water partition coefficient (Wildman–Crippen LogP) is 3.03. The molecule has 0 atom stereocenters. The first kappa shape index (κ1) is 8.33. The molecule has 0 aliphatic rings. The molecule has 0 saturated heterocycles. The van der Waals surface area contributed by atoms with Crippen molar-refractivity contribution < 1.29 is 0 Å². The smallest absolute Gasteiger partial charge is 0.0388 e. The second-order valence-corrected chi connectivity index (χ2v) is 3.72. The lowest BCUT2D eigenvalue weighted by atomic mass is 10.4. The van der Waals surface area contributed by atoms with Gasteiger partial charge < -0.3 is 4.98 Å². The molecule has 1 aromatic heterocycles. The standard InChI is InChI=1S/C7H7BrIN/c8-3-1-2-7-4-6(9)5-10-7/h1-2,4-5,10H,3H2. The number of hydrogen-bond acceptors (Lipinski definition) is 0. The lowest BCUT2D eigenvalue weighted by molar-refractivity contribution is 1.37. The Kier molecular flexibility index (Phi) is 3.48. The Morgan fingerprint density at radius 1 is 1.70 bits per heavy atom. The van der Waals surface area contributed by atoms with Gasteiger partial charge in [-0.1, -0.05) is 22.0 Å². The molecule has 1 heterocycles. The van der Waals surface area contributed by atoms with Crippen molar-refractivity contribution in [1.82, 2.24) is 4.98 Å². The van der Waals surface area contributed by atoms with Crippen molar-refractivity contribution in [2.24, 2.45) is 0 Å². The molecule has 0 aliphatic heterocycles. The highest BCUT2D eigenvalue weighted by atomic mass is 127.